The number of halogens is 2. The Morgan fingerprint density at radius 2 is 2.21 bits per heavy atom. The van der Waals surface area contributed by atoms with Crippen molar-refractivity contribution in [2.45, 2.75) is 6.42 Å². The van der Waals surface area contributed by atoms with Crippen LogP contribution in [0.3, 0.4) is 0 Å². The summed E-state index contributed by atoms with van der Waals surface area (Å²) in [5, 5.41) is 3.53. The van der Waals surface area contributed by atoms with Gasteiger partial charge in [-0.15, -0.1) is 12.4 Å². The van der Waals surface area contributed by atoms with Crippen LogP contribution in [0.15, 0.2) is 18.2 Å². The fourth-order valence-corrected chi connectivity index (χ4v) is 2.85. The molecule has 1 unspecified atom stereocenters. The summed E-state index contributed by atoms with van der Waals surface area (Å²) in [6.07, 6.45) is 0.207. The highest BCUT2D eigenvalue weighted by Crippen LogP contribution is 2.35. The second-order valence-electron chi connectivity index (χ2n) is 5.58. The Labute approximate surface area is 153 Å². The van der Waals surface area contributed by atoms with Crippen molar-refractivity contribution in [3.8, 4) is 5.75 Å². The topological polar surface area (TPSA) is 61.9 Å². The second-order valence-corrected chi connectivity index (χ2v) is 6.02. The number of rotatable bonds is 6. The quantitative estimate of drug-likeness (QED) is 0.823. The molecule has 0 spiro atoms. The minimum atomic E-state index is -0.340. The first-order valence-corrected chi connectivity index (χ1v) is 7.89. The van der Waals surface area contributed by atoms with Crippen LogP contribution in [0, 0.1) is 5.92 Å². The number of anilines is 1. The molecule has 1 fully saturated rings. The molecule has 1 N–H and O–H groups in total. The number of nitrogens with zero attached hydrogens (tertiary/aromatic N) is 2. The predicted molar refractivity (Wildman–Crippen MR) is 97.3 cm³/mol. The molecule has 0 radical (unpaired) electrons. The van der Waals surface area contributed by atoms with Crippen LogP contribution < -0.4 is 15.0 Å². The zero-order valence-electron chi connectivity index (χ0n) is 14.0. The average molecular weight is 376 g/mol. The summed E-state index contributed by atoms with van der Waals surface area (Å²) < 4.78 is 5.30. The highest BCUT2D eigenvalue weighted by molar-refractivity contribution is 6.31. The van der Waals surface area contributed by atoms with Gasteiger partial charge in [-0.2, -0.15) is 0 Å². The van der Waals surface area contributed by atoms with Crippen molar-refractivity contribution in [2.24, 2.45) is 5.92 Å². The lowest BCUT2D eigenvalue weighted by molar-refractivity contribution is -0.134. The highest BCUT2D eigenvalue weighted by atomic mass is 35.5. The number of amides is 2. The van der Waals surface area contributed by atoms with Crippen molar-refractivity contribution in [1.82, 2.24) is 10.2 Å². The van der Waals surface area contributed by atoms with Gasteiger partial charge in [0.05, 0.1) is 18.7 Å². The highest BCUT2D eigenvalue weighted by Gasteiger charge is 2.37. The maximum absolute atomic E-state index is 12.5. The van der Waals surface area contributed by atoms with Crippen LogP contribution in [0.1, 0.15) is 6.42 Å². The normalized spacial score (nSPS) is 16.8. The lowest BCUT2D eigenvalue weighted by Crippen LogP contribution is -2.38. The molecule has 1 aliphatic rings. The Bertz CT molecular complexity index is 598. The van der Waals surface area contributed by atoms with E-state index >= 15 is 0 Å². The molecular formula is C16H23Cl2N3O3. The van der Waals surface area contributed by atoms with E-state index in [4.69, 9.17) is 16.3 Å². The molecule has 134 valence electrons. The smallest absolute Gasteiger partial charge is 0.227 e. The molecular weight excluding hydrogens is 353 g/mol. The summed E-state index contributed by atoms with van der Waals surface area (Å²) in [6, 6.07) is 5.12. The molecule has 1 saturated heterocycles. The summed E-state index contributed by atoms with van der Waals surface area (Å²) in [5.41, 5.74) is 0.609. The lowest BCUT2D eigenvalue weighted by atomic mass is 10.1. The van der Waals surface area contributed by atoms with Crippen LogP contribution in [-0.2, 0) is 9.59 Å². The van der Waals surface area contributed by atoms with E-state index in [1.54, 1.807) is 42.2 Å². The third-order valence-corrected chi connectivity index (χ3v) is 4.21. The lowest BCUT2D eigenvalue weighted by Gasteiger charge is -2.22. The van der Waals surface area contributed by atoms with Gasteiger partial charge in [0.1, 0.15) is 5.75 Å². The van der Waals surface area contributed by atoms with Crippen LogP contribution in [-0.4, -0.2) is 57.6 Å². The summed E-state index contributed by atoms with van der Waals surface area (Å²) in [4.78, 5) is 28.0. The number of nitrogens with one attached hydrogen (secondary N) is 1. The van der Waals surface area contributed by atoms with Gasteiger partial charge >= 0.3 is 0 Å². The van der Waals surface area contributed by atoms with Crippen molar-refractivity contribution >= 4 is 41.5 Å². The first-order valence-electron chi connectivity index (χ1n) is 7.51. The molecule has 0 saturated carbocycles. The average Bonchev–Trinajstić information content (AvgIpc) is 2.93. The molecule has 2 rings (SSSR count). The maximum Gasteiger partial charge on any atom is 0.227 e. The van der Waals surface area contributed by atoms with Crippen molar-refractivity contribution in [2.75, 3.05) is 45.7 Å². The molecule has 0 bridgehead atoms. The zero-order chi connectivity index (χ0) is 17.0. The second kappa shape index (κ2) is 9.11. The number of likely N-dealkylation sites (N-methyl/N-ethyl adjacent to an activating group) is 2. The third kappa shape index (κ3) is 4.53. The fraction of sp³-hybridized carbons (Fsp3) is 0.500. The molecule has 2 amide bonds. The van der Waals surface area contributed by atoms with E-state index in [2.05, 4.69) is 5.32 Å². The van der Waals surface area contributed by atoms with Crippen LogP contribution in [0.4, 0.5) is 5.69 Å². The first kappa shape index (κ1) is 20.5. The zero-order valence-corrected chi connectivity index (χ0v) is 15.6. The molecule has 6 nitrogen and oxygen atoms in total. The minimum absolute atomic E-state index is 0. The van der Waals surface area contributed by atoms with Crippen molar-refractivity contribution in [1.29, 1.82) is 0 Å². The van der Waals surface area contributed by atoms with E-state index in [1.807, 2.05) is 7.05 Å². The van der Waals surface area contributed by atoms with Crippen molar-refractivity contribution in [3.63, 3.8) is 0 Å². The van der Waals surface area contributed by atoms with Gasteiger partial charge < -0.3 is 19.9 Å². The summed E-state index contributed by atoms with van der Waals surface area (Å²) >= 11 is 6.03. The molecule has 1 aliphatic heterocycles. The Balaban J connectivity index is 0.00000288. The number of ether oxygens (including phenoxy) is 1. The van der Waals surface area contributed by atoms with E-state index < -0.39 is 0 Å². The van der Waals surface area contributed by atoms with Crippen LogP contribution in [0.5, 0.6) is 5.75 Å². The number of carbonyl (C=O) groups is 2. The Kier molecular flexibility index (Phi) is 7.79. The maximum atomic E-state index is 12.5. The van der Waals surface area contributed by atoms with Crippen LogP contribution >= 0.6 is 24.0 Å². The number of methoxy groups -OCH3 is 1. The summed E-state index contributed by atoms with van der Waals surface area (Å²) in [5.74, 6) is 0.121. The molecule has 1 heterocycles. The van der Waals surface area contributed by atoms with Gasteiger partial charge in [0.25, 0.3) is 0 Å². The Hall–Kier alpha value is -1.50. The van der Waals surface area contributed by atoms with E-state index in [-0.39, 0.29) is 36.6 Å². The summed E-state index contributed by atoms with van der Waals surface area (Å²) in [7, 11) is 5.14. The standard InChI is InChI=1S/C16H22ClN3O3.ClH/c1-18-6-7-19(2)16(22)11-8-15(21)20(10-11)13-9-12(17)4-5-14(13)23-3;/h4-5,9,11,18H,6-8,10H2,1-3H3;1H. The van der Waals surface area contributed by atoms with Crippen LogP contribution in [0.25, 0.3) is 0 Å². The number of hydrogen-bond acceptors (Lipinski definition) is 4. The van der Waals surface area contributed by atoms with Gasteiger partial charge in [-0.3, -0.25) is 9.59 Å². The first-order chi connectivity index (χ1) is 11.0. The van der Waals surface area contributed by atoms with Crippen molar-refractivity contribution in [3.05, 3.63) is 23.2 Å². The monoisotopic (exact) mass is 375 g/mol. The summed E-state index contributed by atoms with van der Waals surface area (Å²) in [6.45, 7) is 1.67. The number of carbonyl (C=O) groups excluding carboxylic acids is 2. The molecule has 0 aromatic heterocycles. The van der Waals surface area contributed by atoms with E-state index in [0.717, 1.165) is 6.54 Å². The third-order valence-electron chi connectivity index (χ3n) is 3.98. The van der Waals surface area contributed by atoms with Crippen LogP contribution in [0.2, 0.25) is 5.02 Å². The fourth-order valence-electron chi connectivity index (χ4n) is 2.68. The number of hydrogen-bond donors (Lipinski definition) is 1. The van der Waals surface area contributed by atoms with Gasteiger partial charge in [-0.05, 0) is 25.2 Å². The molecule has 1 atom stereocenters. The minimum Gasteiger partial charge on any atom is -0.495 e. The van der Waals surface area contributed by atoms with E-state index in [1.165, 1.54) is 0 Å². The molecule has 8 heteroatoms. The van der Waals surface area contributed by atoms with Gasteiger partial charge in [0, 0.05) is 38.1 Å². The largest absolute Gasteiger partial charge is 0.495 e. The van der Waals surface area contributed by atoms with Gasteiger partial charge in [0.15, 0.2) is 0 Å². The predicted octanol–water partition coefficient (Wildman–Crippen LogP) is 1.80. The van der Waals surface area contributed by atoms with Crippen molar-refractivity contribution < 1.29 is 14.3 Å². The van der Waals surface area contributed by atoms with Gasteiger partial charge in [0.2, 0.25) is 11.8 Å². The Morgan fingerprint density at radius 3 is 2.83 bits per heavy atom. The van der Waals surface area contributed by atoms with Gasteiger partial charge in [-0.25, -0.2) is 0 Å². The van der Waals surface area contributed by atoms with Gasteiger partial charge in [-0.1, -0.05) is 11.6 Å². The molecule has 24 heavy (non-hydrogen) atoms. The Morgan fingerprint density at radius 1 is 1.50 bits per heavy atom. The van der Waals surface area contributed by atoms with E-state index in [0.29, 0.717) is 29.5 Å². The van der Waals surface area contributed by atoms with E-state index in [9.17, 15) is 9.59 Å². The number of benzene rings is 1. The molecule has 1 aromatic carbocycles. The molecule has 0 aliphatic carbocycles. The molecule has 1 aromatic rings. The SMILES string of the molecule is CNCCN(C)C(=O)C1CC(=O)N(c2cc(Cl)ccc2OC)C1.Cl.